The lowest BCUT2D eigenvalue weighted by molar-refractivity contribution is 0.0958. The van der Waals surface area contributed by atoms with E-state index in [0.717, 1.165) is 11.3 Å². The molecule has 2 N–H and O–H groups in total. The quantitative estimate of drug-likeness (QED) is 0.711. The molecule has 0 atom stereocenters. The summed E-state index contributed by atoms with van der Waals surface area (Å²) in [5.41, 5.74) is 1.92. The van der Waals surface area contributed by atoms with Gasteiger partial charge in [0.05, 0.1) is 18.5 Å². The number of hydrogen-bond acceptors (Lipinski definition) is 7. The Morgan fingerprint density at radius 2 is 2.00 bits per heavy atom. The molecule has 3 heterocycles. The van der Waals surface area contributed by atoms with Gasteiger partial charge in [-0.15, -0.1) is 10.2 Å². The van der Waals surface area contributed by atoms with E-state index in [2.05, 4.69) is 30.8 Å². The maximum atomic E-state index is 12.0. The molecule has 3 aromatic rings. The minimum Gasteiger partial charge on any atom is -0.492 e. The van der Waals surface area contributed by atoms with Crippen molar-refractivity contribution in [2.24, 2.45) is 0 Å². The fourth-order valence-corrected chi connectivity index (χ4v) is 2.49. The van der Waals surface area contributed by atoms with Gasteiger partial charge in [-0.1, -0.05) is 17.7 Å². The predicted molar refractivity (Wildman–Crippen MR) is 97.7 cm³/mol. The van der Waals surface area contributed by atoms with Gasteiger partial charge in [0.15, 0.2) is 22.4 Å². The number of aromatic nitrogens is 4. The Hall–Kier alpha value is -3.26. The summed E-state index contributed by atoms with van der Waals surface area (Å²) in [4.78, 5) is 20.7. The third-order valence-electron chi connectivity index (χ3n) is 3.51. The molecule has 132 valence electrons. The third-order valence-corrected chi connectivity index (χ3v) is 3.69. The zero-order valence-electron chi connectivity index (χ0n) is 14.0. The molecule has 0 aliphatic rings. The number of hydrogen-bond donors (Lipinski definition) is 2. The number of anilines is 2. The maximum Gasteiger partial charge on any atom is 0.273 e. The number of rotatable bonds is 5. The average Bonchev–Trinajstić information content (AvgIpc) is 2.68. The maximum absolute atomic E-state index is 12.0. The topological polar surface area (TPSA) is 102 Å². The van der Waals surface area contributed by atoms with E-state index in [0.29, 0.717) is 17.3 Å². The van der Waals surface area contributed by atoms with Crippen LogP contribution >= 0.6 is 11.6 Å². The van der Waals surface area contributed by atoms with Gasteiger partial charge in [0.25, 0.3) is 5.91 Å². The molecule has 0 aliphatic carbocycles. The normalized spacial score (nSPS) is 10.3. The van der Waals surface area contributed by atoms with Gasteiger partial charge in [0.1, 0.15) is 0 Å². The molecule has 0 saturated carbocycles. The third kappa shape index (κ3) is 3.55. The zero-order chi connectivity index (χ0) is 18.5. The zero-order valence-corrected chi connectivity index (χ0v) is 14.8. The van der Waals surface area contributed by atoms with Crippen molar-refractivity contribution in [3.8, 4) is 17.0 Å². The standard InChI is InChI=1S/C17H15ClN6O2/c1-19-17(25)14-12(9-13(18)23-24-14)22-16-15(26-2)10(6-8-21-16)11-5-3-4-7-20-11/h3-9H,1-2H3,(H,19,25)(H,21,22,23). The smallest absolute Gasteiger partial charge is 0.273 e. The van der Waals surface area contributed by atoms with E-state index < -0.39 is 5.91 Å². The lowest BCUT2D eigenvalue weighted by Crippen LogP contribution is -2.21. The Balaban J connectivity index is 2.07. The van der Waals surface area contributed by atoms with Crippen molar-refractivity contribution in [3.63, 3.8) is 0 Å². The largest absolute Gasteiger partial charge is 0.492 e. The highest BCUT2D eigenvalue weighted by Crippen LogP contribution is 2.35. The van der Waals surface area contributed by atoms with E-state index in [1.807, 2.05) is 18.2 Å². The minimum atomic E-state index is -0.406. The van der Waals surface area contributed by atoms with Crippen LogP contribution in [0.1, 0.15) is 10.5 Å². The van der Waals surface area contributed by atoms with E-state index in [9.17, 15) is 4.79 Å². The average molecular weight is 371 g/mol. The molecule has 3 rings (SSSR count). The fraction of sp³-hybridized carbons (Fsp3) is 0.118. The van der Waals surface area contributed by atoms with Gasteiger partial charge in [0.2, 0.25) is 0 Å². The molecular formula is C17H15ClN6O2. The van der Waals surface area contributed by atoms with Gasteiger partial charge in [-0.25, -0.2) is 4.98 Å². The van der Waals surface area contributed by atoms with Crippen LogP contribution in [0, 0.1) is 0 Å². The van der Waals surface area contributed by atoms with Gasteiger partial charge >= 0.3 is 0 Å². The first kappa shape index (κ1) is 17.6. The van der Waals surface area contributed by atoms with Gasteiger partial charge < -0.3 is 15.4 Å². The van der Waals surface area contributed by atoms with Crippen molar-refractivity contribution in [1.82, 2.24) is 25.5 Å². The van der Waals surface area contributed by atoms with Crippen LogP contribution in [-0.4, -0.2) is 40.2 Å². The second-order valence-electron chi connectivity index (χ2n) is 5.09. The fourth-order valence-electron chi connectivity index (χ4n) is 2.34. The highest BCUT2D eigenvalue weighted by molar-refractivity contribution is 6.29. The number of pyridine rings is 2. The number of halogens is 1. The van der Waals surface area contributed by atoms with Crippen LogP contribution in [0.2, 0.25) is 5.15 Å². The molecule has 0 spiro atoms. The van der Waals surface area contributed by atoms with E-state index >= 15 is 0 Å². The number of methoxy groups -OCH3 is 1. The SMILES string of the molecule is CNC(=O)c1nnc(Cl)cc1Nc1nccc(-c2ccccn2)c1OC. The molecule has 0 fully saturated rings. The molecule has 0 aromatic carbocycles. The molecule has 0 unspecified atom stereocenters. The van der Waals surface area contributed by atoms with Crippen molar-refractivity contribution in [2.75, 3.05) is 19.5 Å². The predicted octanol–water partition coefficient (Wildman–Crippen LogP) is 2.70. The number of carbonyl (C=O) groups excluding carboxylic acids is 1. The second-order valence-corrected chi connectivity index (χ2v) is 5.48. The number of nitrogens with one attached hydrogen (secondary N) is 2. The Labute approximate surface area is 154 Å². The number of amides is 1. The summed E-state index contributed by atoms with van der Waals surface area (Å²) in [5.74, 6) is 0.461. The minimum absolute atomic E-state index is 0.0870. The molecular weight excluding hydrogens is 356 g/mol. The molecule has 9 heteroatoms. The molecule has 0 radical (unpaired) electrons. The van der Waals surface area contributed by atoms with E-state index in [1.165, 1.54) is 20.2 Å². The first-order valence-corrected chi connectivity index (χ1v) is 7.98. The Bertz CT molecular complexity index is 936. The van der Waals surface area contributed by atoms with Crippen LogP contribution in [0.3, 0.4) is 0 Å². The number of ether oxygens (including phenoxy) is 1. The second kappa shape index (κ2) is 7.75. The van der Waals surface area contributed by atoms with Crippen LogP contribution in [-0.2, 0) is 0 Å². The highest BCUT2D eigenvalue weighted by Gasteiger charge is 2.18. The van der Waals surface area contributed by atoms with E-state index in [1.54, 1.807) is 18.5 Å². The summed E-state index contributed by atoms with van der Waals surface area (Å²) in [6, 6.07) is 8.86. The van der Waals surface area contributed by atoms with Crippen molar-refractivity contribution in [2.45, 2.75) is 0 Å². The Morgan fingerprint density at radius 1 is 1.15 bits per heavy atom. The number of carbonyl (C=O) groups is 1. The Kier molecular flexibility index (Phi) is 5.23. The first-order chi connectivity index (χ1) is 12.6. The first-order valence-electron chi connectivity index (χ1n) is 7.60. The molecule has 26 heavy (non-hydrogen) atoms. The summed E-state index contributed by atoms with van der Waals surface area (Å²) in [6.45, 7) is 0. The summed E-state index contributed by atoms with van der Waals surface area (Å²) in [5, 5.41) is 13.2. The molecule has 3 aromatic heterocycles. The number of nitrogens with zero attached hydrogens (tertiary/aromatic N) is 4. The summed E-state index contributed by atoms with van der Waals surface area (Å²) in [6.07, 6.45) is 3.31. The van der Waals surface area contributed by atoms with E-state index in [4.69, 9.17) is 16.3 Å². The molecule has 1 amide bonds. The van der Waals surface area contributed by atoms with Crippen molar-refractivity contribution < 1.29 is 9.53 Å². The van der Waals surface area contributed by atoms with Crippen LogP contribution in [0.5, 0.6) is 5.75 Å². The highest BCUT2D eigenvalue weighted by atomic mass is 35.5. The lowest BCUT2D eigenvalue weighted by atomic mass is 10.1. The summed E-state index contributed by atoms with van der Waals surface area (Å²) >= 11 is 5.92. The van der Waals surface area contributed by atoms with Crippen LogP contribution in [0.15, 0.2) is 42.7 Å². The van der Waals surface area contributed by atoms with Crippen molar-refractivity contribution in [1.29, 1.82) is 0 Å². The summed E-state index contributed by atoms with van der Waals surface area (Å²) in [7, 11) is 3.04. The van der Waals surface area contributed by atoms with Gasteiger partial charge in [-0.3, -0.25) is 9.78 Å². The van der Waals surface area contributed by atoms with Crippen molar-refractivity contribution >= 4 is 29.0 Å². The van der Waals surface area contributed by atoms with Crippen LogP contribution in [0.25, 0.3) is 11.3 Å². The van der Waals surface area contributed by atoms with E-state index in [-0.39, 0.29) is 10.8 Å². The molecule has 8 nitrogen and oxygen atoms in total. The Morgan fingerprint density at radius 3 is 2.69 bits per heavy atom. The van der Waals surface area contributed by atoms with Gasteiger partial charge in [-0.2, -0.15) is 0 Å². The summed E-state index contributed by atoms with van der Waals surface area (Å²) < 4.78 is 5.53. The van der Waals surface area contributed by atoms with Crippen LogP contribution < -0.4 is 15.4 Å². The van der Waals surface area contributed by atoms with Gasteiger partial charge in [-0.05, 0) is 18.2 Å². The molecule has 0 aliphatic heterocycles. The lowest BCUT2D eigenvalue weighted by Gasteiger charge is -2.15. The monoisotopic (exact) mass is 370 g/mol. The molecule has 0 saturated heterocycles. The van der Waals surface area contributed by atoms with Gasteiger partial charge in [0, 0.05) is 31.1 Å². The van der Waals surface area contributed by atoms with Crippen LogP contribution in [0.4, 0.5) is 11.5 Å². The molecule has 0 bridgehead atoms. The van der Waals surface area contributed by atoms with Crippen molar-refractivity contribution in [3.05, 3.63) is 53.6 Å².